The molecule has 0 aliphatic carbocycles. The Morgan fingerprint density at radius 3 is 2.21 bits per heavy atom. The van der Waals surface area contributed by atoms with Crippen LogP contribution in [0.2, 0.25) is 15.1 Å². The quantitative estimate of drug-likeness (QED) is 0.788. The van der Waals surface area contributed by atoms with Crippen molar-refractivity contribution in [3.05, 3.63) is 27.2 Å². The molecule has 9 heteroatoms. The molecule has 4 nitrogen and oxygen atoms in total. The zero-order valence-electron chi connectivity index (χ0n) is 9.78. The van der Waals surface area contributed by atoms with E-state index in [1.807, 2.05) is 0 Å². The van der Waals surface area contributed by atoms with Crippen molar-refractivity contribution in [2.24, 2.45) is 5.73 Å². The van der Waals surface area contributed by atoms with Gasteiger partial charge in [0.25, 0.3) is 0 Å². The molecule has 0 aliphatic heterocycles. The first-order chi connectivity index (χ1) is 8.69. The van der Waals surface area contributed by atoms with E-state index in [0.717, 1.165) is 0 Å². The summed E-state index contributed by atoms with van der Waals surface area (Å²) >= 11 is 22.3. The second kappa shape index (κ2) is 6.45. The van der Waals surface area contributed by atoms with Crippen LogP contribution in [0.25, 0.3) is 0 Å². The molecule has 106 valence electrons. The topological polar surface area (TPSA) is 72.2 Å². The Bertz CT molecular complexity index is 582. The van der Waals surface area contributed by atoms with Crippen LogP contribution in [0.5, 0.6) is 0 Å². The van der Waals surface area contributed by atoms with Crippen LogP contribution >= 0.6 is 47.0 Å². The first-order valence-corrected chi connectivity index (χ1v) is 8.23. The summed E-state index contributed by atoms with van der Waals surface area (Å²) in [6.45, 7) is 1.66. The molecular weight excluding hydrogens is 351 g/mol. The summed E-state index contributed by atoms with van der Waals surface area (Å²) in [5.41, 5.74) is 5.47. The lowest BCUT2D eigenvalue weighted by Gasteiger charge is -2.17. The molecule has 0 amide bonds. The first-order valence-electron chi connectivity index (χ1n) is 5.14. The number of thiocarbonyl (C=S) groups is 1. The highest BCUT2D eigenvalue weighted by Crippen LogP contribution is 2.34. The Morgan fingerprint density at radius 2 is 1.84 bits per heavy atom. The molecule has 0 bridgehead atoms. The molecule has 0 radical (unpaired) electrons. The maximum absolute atomic E-state index is 12.1. The van der Waals surface area contributed by atoms with Crippen molar-refractivity contribution < 1.29 is 8.42 Å². The number of anilines is 1. The third kappa shape index (κ3) is 4.10. The van der Waals surface area contributed by atoms with Gasteiger partial charge in [0.2, 0.25) is 10.0 Å². The van der Waals surface area contributed by atoms with E-state index in [1.165, 1.54) is 12.1 Å². The monoisotopic (exact) mass is 360 g/mol. The van der Waals surface area contributed by atoms with Crippen molar-refractivity contribution in [3.63, 3.8) is 0 Å². The molecule has 0 fully saturated rings. The molecule has 1 rings (SSSR count). The number of hydrogen-bond acceptors (Lipinski definition) is 3. The highest BCUT2D eigenvalue weighted by Gasteiger charge is 2.27. The van der Waals surface area contributed by atoms with Crippen LogP contribution in [0.3, 0.4) is 0 Å². The number of nitrogens with one attached hydrogen (secondary N) is 1. The molecule has 1 aromatic rings. The van der Waals surface area contributed by atoms with Gasteiger partial charge in [-0.2, -0.15) is 0 Å². The van der Waals surface area contributed by atoms with Crippen molar-refractivity contribution in [3.8, 4) is 0 Å². The third-order valence-electron chi connectivity index (χ3n) is 2.31. The minimum Gasteiger partial charge on any atom is -0.392 e. The van der Waals surface area contributed by atoms with Crippen LogP contribution in [0.4, 0.5) is 5.69 Å². The van der Waals surface area contributed by atoms with Crippen LogP contribution in [-0.4, -0.2) is 18.7 Å². The number of rotatable bonds is 5. The van der Waals surface area contributed by atoms with E-state index < -0.39 is 15.3 Å². The number of sulfonamides is 1. The zero-order chi connectivity index (χ0) is 14.8. The highest BCUT2D eigenvalue weighted by atomic mass is 35.5. The predicted octanol–water partition coefficient (Wildman–Crippen LogP) is 3.45. The van der Waals surface area contributed by atoms with Crippen LogP contribution in [0, 0.1) is 0 Å². The van der Waals surface area contributed by atoms with Gasteiger partial charge in [-0.1, -0.05) is 53.9 Å². The Balaban J connectivity index is 3.19. The molecule has 0 spiro atoms. The molecule has 0 heterocycles. The molecule has 0 aromatic heterocycles. The minimum absolute atomic E-state index is 0.0578. The van der Waals surface area contributed by atoms with Crippen molar-refractivity contribution in [1.82, 2.24) is 0 Å². The van der Waals surface area contributed by atoms with Crippen molar-refractivity contribution in [2.75, 3.05) is 4.72 Å². The molecule has 19 heavy (non-hydrogen) atoms. The SMILES string of the molecule is CCC(C(N)=S)S(=O)(=O)Nc1c(Cl)cc(Cl)cc1Cl. The van der Waals surface area contributed by atoms with Crippen molar-refractivity contribution in [2.45, 2.75) is 18.6 Å². The largest absolute Gasteiger partial charge is 0.392 e. The molecular formula is C10H11Cl3N2O2S2. The van der Waals surface area contributed by atoms with E-state index in [0.29, 0.717) is 5.02 Å². The smallest absolute Gasteiger partial charge is 0.242 e. The molecule has 0 saturated carbocycles. The Labute approximate surface area is 132 Å². The fraction of sp³-hybridized carbons (Fsp3) is 0.300. The fourth-order valence-electron chi connectivity index (χ4n) is 1.43. The maximum atomic E-state index is 12.1. The molecule has 0 aliphatic rings. The van der Waals surface area contributed by atoms with Gasteiger partial charge in [0, 0.05) is 5.02 Å². The molecule has 1 unspecified atom stereocenters. The van der Waals surface area contributed by atoms with Gasteiger partial charge in [-0.3, -0.25) is 4.72 Å². The summed E-state index contributed by atoms with van der Waals surface area (Å²) in [5, 5.41) is -0.498. The lowest BCUT2D eigenvalue weighted by molar-refractivity contribution is 0.594. The second-order valence-electron chi connectivity index (χ2n) is 3.69. The van der Waals surface area contributed by atoms with Gasteiger partial charge in [0.1, 0.15) is 5.25 Å². The first kappa shape index (κ1) is 16.8. The van der Waals surface area contributed by atoms with Gasteiger partial charge < -0.3 is 5.73 Å². The number of hydrogen-bond donors (Lipinski definition) is 2. The van der Waals surface area contributed by atoms with E-state index in [-0.39, 0.29) is 27.1 Å². The van der Waals surface area contributed by atoms with E-state index >= 15 is 0 Å². The lowest BCUT2D eigenvalue weighted by atomic mass is 10.3. The lowest BCUT2D eigenvalue weighted by Crippen LogP contribution is -2.37. The Hall–Kier alpha value is -0.270. The van der Waals surface area contributed by atoms with Crippen LogP contribution in [-0.2, 0) is 10.0 Å². The van der Waals surface area contributed by atoms with Gasteiger partial charge in [-0.15, -0.1) is 0 Å². The van der Waals surface area contributed by atoms with Crippen LogP contribution in [0.15, 0.2) is 12.1 Å². The number of halogens is 3. The minimum atomic E-state index is -3.81. The van der Waals surface area contributed by atoms with E-state index in [4.69, 9.17) is 52.8 Å². The predicted molar refractivity (Wildman–Crippen MR) is 84.9 cm³/mol. The molecule has 1 aromatic carbocycles. The van der Waals surface area contributed by atoms with E-state index in [2.05, 4.69) is 4.72 Å². The maximum Gasteiger partial charge on any atom is 0.242 e. The van der Waals surface area contributed by atoms with Gasteiger partial charge >= 0.3 is 0 Å². The summed E-state index contributed by atoms with van der Waals surface area (Å²) in [6.07, 6.45) is 0.244. The summed E-state index contributed by atoms with van der Waals surface area (Å²) in [4.78, 5) is -0.115. The summed E-state index contributed by atoms with van der Waals surface area (Å²) in [5.74, 6) is 0. The standard InChI is InChI=1S/C10H11Cl3N2O2S2/c1-2-8(10(14)18)19(16,17)15-9-6(12)3-5(11)4-7(9)13/h3-4,8,15H,2H2,1H3,(H2,14,18). The number of benzene rings is 1. The average molecular weight is 362 g/mol. The van der Waals surface area contributed by atoms with E-state index in [9.17, 15) is 8.42 Å². The van der Waals surface area contributed by atoms with Gasteiger partial charge in [0.05, 0.1) is 20.7 Å². The van der Waals surface area contributed by atoms with Crippen LogP contribution < -0.4 is 10.5 Å². The zero-order valence-corrected chi connectivity index (χ0v) is 13.7. The number of nitrogens with two attached hydrogens (primary N) is 1. The highest BCUT2D eigenvalue weighted by molar-refractivity contribution is 7.95. The van der Waals surface area contributed by atoms with Gasteiger partial charge in [0.15, 0.2) is 0 Å². The Kier molecular flexibility index (Phi) is 5.70. The van der Waals surface area contributed by atoms with Crippen molar-refractivity contribution in [1.29, 1.82) is 0 Å². The van der Waals surface area contributed by atoms with Gasteiger partial charge in [-0.25, -0.2) is 8.42 Å². The third-order valence-corrected chi connectivity index (χ3v) is 5.39. The average Bonchev–Trinajstić information content (AvgIpc) is 2.23. The molecule has 1 atom stereocenters. The van der Waals surface area contributed by atoms with E-state index in [1.54, 1.807) is 6.92 Å². The van der Waals surface area contributed by atoms with Crippen molar-refractivity contribution >= 4 is 67.7 Å². The Morgan fingerprint density at radius 1 is 1.37 bits per heavy atom. The van der Waals surface area contributed by atoms with Crippen LogP contribution in [0.1, 0.15) is 13.3 Å². The fourth-order valence-corrected chi connectivity index (χ4v) is 4.39. The summed E-state index contributed by atoms with van der Waals surface area (Å²) in [7, 11) is -3.81. The summed E-state index contributed by atoms with van der Waals surface area (Å²) in [6, 6.07) is 2.77. The molecule has 3 N–H and O–H groups in total. The molecule has 0 saturated heterocycles. The second-order valence-corrected chi connectivity index (χ2v) is 7.28. The normalized spacial score (nSPS) is 13.1. The summed E-state index contributed by atoms with van der Waals surface area (Å²) < 4.78 is 26.6. The van der Waals surface area contributed by atoms with Gasteiger partial charge in [-0.05, 0) is 18.6 Å².